The largest absolute Gasteiger partial charge is 0.367 e. The molecule has 1 aliphatic heterocycles. The average Bonchev–Trinajstić information content (AvgIpc) is 3.28. The van der Waals surface area contributed by atoms with Crippen LogP contribution in [0.5, 0.6) is 0 Å². The van der Waals surface area contributed by atoms with E-state index in [1.165, 1.54) is 11.3 Å². The van der Waals surface area contributed by atoms with Crippen LogP contribution in [-0.2, 0) is 4.74 Å². The molecule has 0 aliphatic carbocycles. The zero-order chi connectivity index (χ0) is 19.7. The number of carbonyl (C=O) groups excluding carboxylic acids is 1. The number of morpholine rings is 1. The summed E-state index contributed by atoms with van der Waals surface area (Å²) in [5.41, 5.74) is 1.12. The van der Waals surface area contributed by atoms with E-state index in [0.29, 0.717) is 13.1 Å². The lowest BCUT2D eigenvalue weighted by atomic mass is 10.1. The molecule has 7 heteroatoms. The van der Waals surface area contributed by atoms with Gasteiger partial charge in [-0.15, -0.1) is 11.3 Å². The average molecular weight is 416 g/mol. The summed E-state index contributed by atoms with van der Waals surface area (Å²) in [4.78, 5) is 23.8. The van der Waals surface area contributed by atoms with Gasteiger partial charge in [-0.1, -0.05) is 41.7 Å². The summed E-state index contributed by atoms with van der Waals surface area (Å²) < 4.78 is 7.19. The highest BCUT2D eigenvalue weighted by molar-refractivity contribution is 7.29. The number of fused-ring (bicyclic) bond motifs is 1. The zero-order valence-corrected chi connectivity index (χ0v) is 18.1. The molecule has 3 heterocycles. The molecule has 28 heavy (non-hydrogen) atoms. The highest BCUT2D eigenvalue weighted by Crippen LogP contribution is 2.36. The van der Waals surface area contributed by atoms with E-state index in [2.05, 4.69) is 30.9 Å². The maximum absolute atomic E-state index is 13.2. The maximum atomic E-state index is 13.2. The quantitative estimate of drug-likeness (QED) is 0.600. The summed E-state index contributed by atoms with van der Waals surface area (Å²) in [5, 5.41) is 1.04. The second-order valence-electron chi connectivity index (χ2n) is 7.00. The Morgan fingerprint density at radius 2 is 1.96 bits per heavy atom. The molecule has 0 bridgehead atoms. The van der Waals surface area contributed by atoms with E-state index in [0.717, 1.165) is 38.2 Å². The van der Waals surface area contributed by atoms with Crippen molar-refractivity contribution in [3.63, 3.8) is 0 Å². The maximum Gasteiger partial charge on any atom is 0.264 e. The second kappa shape index (κ2) is 8.19. The molecule has 4 rings (SSSR count). The SMILES string of the molecule is CCN(CC)c1nc2sc(C(=O)N3C[C@@H](C)O[C@@H](c4ccccc4)C3)cc2s1. The minimum Gasteiger partial charge on any atom is -0.367 e. The van der Waals surface area contributed by atoms with Gasteiger partial charge in [-0.05, 0) is 32.4 Å². The number of thiophene rings is 1. The van der Waals surface area contributed by atoms with Crippen LogP contribution in [0.15, 0.2) is 36.4 Å². The fourth-order valence-corrected chi connectivity index (χ4v) is 5.89. The second-order valence-corrected chi connectivity index (χ2v) is 9.04. The van der Waals surface area contributed by atoms with E-state index in [4.69, 9.17) is 9.72 Å². The molecule has 1 amide bonds. The smallest absolute Gasteiger partial charge is 0.264 e. The fraction of sp³-hybridized carbons (Fsp3) is 0.429. The van der Waals surface area contributed by atoms with E-state index >= 15 is 0 Å². The molecule has 0 N–H and O–H groups in total. The lowest BCUT2D eigenvalue weighted by Gasteiger charge is -2.36. The van der Waals surface area contributed by atoms with Crippen molar-refractivity contribution in [2.75, 3.05) is 31.1 Å². The van der Waals surface area contributed by atoms with Gasteiger partial charge in [0.2, 0.25) is 0 Å². The standard InChI is InChI=1S/C21H25N3O2S2/c1-4-23(5-2)21-22-19-17(28-21)11-18(27-19)20(25)24-12-14(3)26-16(13-24)15-9-7-6-8-10-15/h6-11,14,16H,4-5,12-13H2,1-3H3/t14-,16-/m1/s1. The van der Waals surface area contributed by atoms with Crippen LogP contribution in [0.1, 0.15) is 42.1 Å². The highest BCUT2D eigenvalue weighted by Gasteiger charge is 2.31. The Hall–Kier alpha value is -1.96. The first-order valence-corrected chi connectivity index (χ1v) is 11.4. The van der Waals surface area contributed by atoms with Crippen LogP contribution in [0.4, 0.5) is 5.13 Å². The summed E-state index contributed by atoms with van der Waals surface area (Å²) in [6.07, 6.45) is -0.0706. The van der Waals surface area contributed by atoms with E-state index in [9.17, 15) is 4.79 Å². The summed E-state index contributed by atoms with van der Waals surface area (Å²) in [7, 11) is 0. The number of nitrogens with zero attached hydrogens (tertiary/aromatic N) is 3. The molecule has 0 unspecified atom stereocenters. The van der Waals surface area contributed by atoms with Crippen molar-refractivity contribution >= 4 is 43.2 Å². The lowest BCUT2D eigenvalue weighted by Crippen LogP contribution is -2.45. The molecular formula is C21H25N3O2S2. The van der Waals surface area contributed by atoms with Gasteiger partial charge in [0, 0.05) is 19.6 Å². The van der Waals surface area contributed by atoms with E-state index in [1.807, 2.05) is 36.1 Å². The Morgan fingerprint density at radius 3 is 2.64 bits per heavy atom. The predicted molar refractivity (Wildman–Crippen MR) is 117 cm³/mol. The molecule has 1 aromatic carbocycles. The van der Waals surface area contributed by atoms with E-state index < -0.39 is 0 Å². The number of anilines is 1. The van der Waals surface area contributed by atoms with Gasteiger partial charge in [0.1, 0.15) is 10.9 Å². The third-order valence-electron chi connectivity index (χ3n) is 5.04. The van der Waals surface area contributed by atoms with E-state index in [1.54, 1.807) is 11.3 Å². The van der Waals surface area contributed by atoms with Crippen molar-refractivity contribution in [2.45, 2.75) is 33.0 Å². The van der Waals surface area contributed by atoms with Crippen LogP contribution in [-0.4, -0.2) is 48.1 Å². The van der Waals surface area contributed by atoms with Crippen molar-refractivity contribution in [3.8, 4) is 0 Å². The number of thiazole rings is 1. The van der Waals surface area contributed by atoms with Gasteiger partial charge in [-0.3, -0.25) is 4.79 Å². The molecule has 148 valence electrons. The first-order chi connectivity index (χ1) is 13.6. The topological polar surface area (TPSA) is 45.7 Å². The third kappa shape index (κ3) is 3.79. The molecule has 5 nitrogen and oxygen atoms in total. The molecule has 0 saturated carbocycles. The molecule has 0 spiro atoms. The van der Waals surface area contributed by atoms with Crippen molar-refractivity contribution in [1.29, 1.82) is 0 Å². The first kappa shape index (κ1) is 19.4. The van der Waals surface area contributed by atoms with Gasteiger partial charge in [-0.25, -0.2) is 4.98 Å². The van der Waals surface area contributed by atoms with Crippen LogP contribution in [0.2, 0.25) is 0 Å². The normalized spacial score (nSPS) is 19.9. The Balaban J connectivity index is 1.54. The van der Waals surface area contributed by atoms with Gasteiger partial charge in [0.25, 0.3) is 5.91 Å². The predicted octanol–water partition coefficient (Wildman–Crippen LogP) is 4.81. The number of amides is 1. The van der Waals surface area contributed by atoms with Gasteiger partial charge in [0.15, 0.2) is 5.13 Å². The Kier molecular flexibility index (Phi) is 5.66. The van der Waals surface area contributed by atoms with Crippen LogP contribution in [0.25, 0.3) is 9.53 Å². The Labute approximate surface area is 173 Å². The molecular weight excluding hydrogens is 390 g/mol. The first-order valence-electron chi connectivity index (χ1n) is 9.74. The highest BCUT2D eigenvalue weighted by atomic mass is 32.1. The van der Waals surface area contributed by atoms with Crippen LogP contribution in [0.3, 0.4) is 0 Å². The number of ether oxygens (including phenoxy) is 1. The van der Waals surface area contributed by atoms with Crippen molar-refractivity contribution < 1.29 is 9.53 Å². The molecule has 1 fully saturated rings. The number of benzene rings is 1. The molecule has 2 atom stereocenters. The fourth-order valence-electron chi connectivity index (χ4n) is 3.58. The van der Waals surface area contributed by atoms with Crippen LogP contribution < -0.4 is 4.90 Å². The van der Waals surface area contributed by atoms with Gasteiger partial charge in [-0.2, -0.15) is 0 Å². The van der Waals surface area contributed by atoms with Crippen LogP contribution in [0, 0.1) is 0 Å². The monoisotopic (exact) mass is 415 g/mol. The number of aromatic nitrogens is 1. The van der Waals surface area contributed by atoms with Crippen LogP contribution >= 0.6 is 22.7 Å². The van der Waals surface area contributed by atoms with Gasteiger partial charge >= 0.3 is 0 Å². The van der Waals surface area contributed by atoms with Gasteiger partial charge in [0.05, 0.1) is 22.2 Å². The molecule has 2 aromatic heterocycles. The third-order valence-corrected chi connectivity index (χ3v) is 7.25. The number of carbonyl (C=O) groups is 1. The molecule has 1 saturated heterocycles. The summed E-state index contributed by atoms with van der Waals surface area (Å²) >= 11 is 3.16. The van der Waals surface area contributed by atoms with Crippen molar-refractivity contribution in [3.05, 3.63) is 46.8 Å². The molecule has 0 radical (unpaired) electrons. The Morgan fingerprint density at radius 1 is 1.21 bits per heavy atom. The van der Waals surface area contributed by atoms with Crippen molar-refractivity contribution in [2.24, 2.45) is 0 Å². The van der Waals surface area contributed by atoms with Gasteiger partial charge < -0.3 is 14.5 Å². The minimum absolute atomic E-state index is 0.0105. The minimum atomic E-state index is -0.0811. The molecule has 1 aliphatic rings. The lowest BCUT2D eigenvalue weighted by molar-refractivity contribution is -0.0690. The molecule has 3 aromatic rings. The number of hydrogen-bond donors (Lipinski definition) is 0. The summed E-state index contributed by atoms with van der Waals surface area (Å²) in [6.45, 7) is 9.38. The van der Waals surface area contributed by atoms with E-state index in [-0.39, 0.29) is 18.1 Å². The zero-order valence-electron chi connectivity index (χ0n) is 16.4. The Bertz CT molecular complexity index is 918. The number of rotatable bonds is 5. The van der Waals surface area contributed by atoms with Crippen molar-refractivity contribution in [1.82, 2.24) is 9.88 Å². The summed E-state index contributed by atoms with van der Waals surface area (Å²) in [6, 6.07) is 12.1. The number of hydrogen-bond acceptors (Lipinski definition) is 6. The summed E-state index contributed by atoms with van der Waals surface area (Å²) in [5.74, 6) is 0.0793.